The van der Waals surface area contributed by atoms with Crippen molar-refractivity contribution in [3.05, 3.63) is 65.7 Å². The van der Waals surface area contributed by atoms with E-state index >= 15 is 0 Å². The van der Waals surface area contributed by atoms with E-state index in [1.54, 1.807) is 0 Å². The molecule has 0 saturated carbocycles. The molecule has 3 rings (SSSR count). The van der Waals surface area contributed by atoms with Gasteiger partial charge in [-0.05, 0) is 43.5 Å². The summed E-state index contributed by atoms with van der Waals surface area (Å²) in [4.78, 5) is 2.55. The van der Waals surface area contributed by atoms with Crippen LogP contribution in [0.3, 0.4) is 0 Å². The Morgan fingerprint density at radius 2 is 1.81 bits per heavy atom. The van der Waals surface area contributed by atoms with Crippen LogP contribution in [0.4, 0.5) is 5.69 Å². The Balaban J connectivity index is 1.68. The van der Waals surface area contributed by atoms with Gasteiger partial charge in [-0.25, -0.2) is 0 Å². The number of fused-ring (bicyclic) bond motifs is 1. The molecule has 2 nitrogen and oxygen atoms in total. The Labute approximate surface area is 127 Å². The Morgan fingerprint density at radius 1 is 1.05 bits per heavy atom. The predicted molar refractivity (Wildman–Crippen MR) is 89.8 cm³/mol. The summed E-state index contributed by atoms with van der Waals surface area (Å²) in [6.07, 6.45) is 3.63. The highest BCUT2D eigenvalue weighted by Crippen LogP contribution is 2.27. The first-order valence-electron chi connectivity index (χ1n) is 7.93. The number of nitrogens with one attached hydrogen (secondary N) is 1. The van der Waals surface area contributed by atoms with Crippen LogP contribution in [0, 0.1) is 0 Å². The van der Waals surface area contributed by atoms with E-state index in [-0.39, 0.29) is 0 Å². The van der Waals surface area contributed by atoms with Gasteiger partial charge in [-0.3, -0.25) is 0 Å². The van der Waals surface area contributed by atoms with Crippen LogP contribution in [0.15, 0.2) is 54.6 Å². The van der Waals surface area contributed by atoms with Gasteiger partial charge in [0, 0.05) is 24.8 Å². The van der Waals surface area contributed by atoms with Crippen LogP contribution >= 0.6 is 0 Å². The summed E-state index contributed by atoms with van der Waals surface area (Å²) in [5.41, 5.74) is 4.32. The van der Waals surface area contributed by atoms with Gasteiger partial charge in [0.15, 0.2) is 0 Å². The molecular formula is C19H24N2. The molecule has 0 amide bonds. The van der Waals surface area contributed by atoms with Crippen LogP contribution in [0.5, 0.6) is 0 Å². The lowest BCUT2D eigenvalue weighted by Gasteiger charge is -2.32. The largest absolute Gasteiger partial charge is 0.371 e. The molecule has 0 bridgehead atoms. The first kappa shape index (κ1) is 14.2. The maximum Gasteiger partial charge on any atom is 0.0398 e. The summed E-state index contributed by atoms with van der Waals surface area (Å²) in [7, 11) is 2.06. The van der Waals surface area contributed by atoms with E-state index in [4.69, 9.17) is 0 Å². The number of nitrogens with zero attached hydrogens (tertiary/aromatic N) is 1. The maximum atomic E-state index is 3.46. The highest BCUT2D eigenvalue weighted by atomic mass is 15.1. The van der Waals surface area contributed by atoms with Crippen molar-refractivity contribution in [1.29, 1.82) is 0 Å². The molecule has 1 unspecified atom stereocenters. The Hall–Kier alpha value is -1.80. The zero-order valence-electron chi connectivity index (χ0n) is 12.8. The molecule has 1 atom stereocenters. The van der Waals surface area contributed by atoms with Crippen molar-refractivity contribution in [2.45, 2.75) is 25.3 Å². The Kier molecular flexibility index (Phi) is 4.56. The number of para-hydroxylation sites is 1. The standard InChI is InChI=1S/C19H24N2/c1-20-18(16-8-3-2-4-9-16)13-15-21-14-7-11-17-10-5-6-12-19(17)21/h2-6,8-10,12,18,20H,7,11,13-15H2,1H3. The first-order chi connectivity index (χ1) is 10.4. The Morgan fingerprint density at radius 3 is 2.62 bits per heavy atom. The van der Waals surface area contributed by atoms with Gasteiger partial charge < -0.3 is 10.2 Å². The van der Waals surface area contributed by atoms with E-state index in [0.29, 0.717) is 6.04 Å². The van der Waals surface area contributed by atoms with Crippen LogP contribution in [-0.4, -0.2) is 20.1 Å². The minimum Gasteiger partial charge on any atom is -0.371 e. The number of anilines is 1. The van der Waals surface area contributed by atoms with E-state index < -0.39 is 0 Å². The molecule has 1 aliphatic rings. The normalized spacial score (nSPS) is 15.6. The second-order valence-corrected chi connectivity index (χ2v) is 5.76. The highest BCUT2D eigenvalue weighted by molar-refractivity contribution is 5.55. The van der Waals surface area contributed by atoms with Gasteiger partial charge >= 0.3 is 0 Å². The molecule has 0 radical (unpaired) electrons. The average molecular weight is 280 g/mol. The van der Waals surface area contributed by atoms with E-state index in [9.17, 15) is 0 Å². The summed E-state index contributed by atoms with van der Waals surface area (Å²) in [6, 6.07) is 20.0. The first-order valence-corrected chi connectivity index (χ1v) is 7.93. The van der Waals surface area contributed by atoms with Gasteiger partial charge in [-0.15, -0.1) is 0 Å². The summed E-state index contributed by atoms with van der Waals surface area (Å²) in [5, 5.41) is 3.46. The SMILES string of the molecule is CNC(CCN1CCCc2ccccc21)c1ccccc1. The molecule has 0 aliphatic carbocycles. The van der Waals surface area contributed by atoms with Crippen molar-refractivity contribution in [2.75, 3.05) is 25.0 Å². The minimum atomic E-state index is 0.431. The van der Waals surface area contributed by atoms with Crippen molar-refractivity contribution in [2.24, 2.45) is 0 Å². The molecule has 1 N–H and O–H groups in total. The molecule has 0 saturated heterocycles. The highest BCUT2D eigenvalue weighted by Gasteiger charge is 2.17. The van der Waals surface area contributed by atoms with E-state index in [0.717, 1.165) is 13.0 Å². The third-order valence-electron chi connectivity index (χ3n) is 4.44. The second-order valence-electron chi connectivity index (χ2n) is 5.76. The molecule has 0 spiro atoms. The van der Waals surface area contributed by atoms with Gasteiger partial charge in [0.2, 0.25) is 0 Å². The molecule has 2 aromatic carbocycles. The molecule has 2 aromatic rings. The third-order valence-corrected chi connectivity index (χ3v) is 4.44. The fraction of sp³-hybridized carbons (Fsp3) is 0.368. The maximum absolute atomic E-state index is 3.46. The van der Waals surface area contributed by atoms with Gasteiger partial charge in [0.1, 0.15) is 0 Å². The molecule has 21 heavy (non-hydrogen) atoms. The fourth-order valence-corrected chi connectivity index (χ4v) is 3.29. The van der Waals surface area contributed by atoms with Crippen molar-refractivity contribution in [3.8, 4) is 0 Å². The lowest BCUT2D eigenvalue weighted by atomic mass is 9.99. The molecule has 1 aliphatic heterocycles. The molecule has 0 fully saturated rings. The Bertz CT molecular complexity index is 565. The van der Waals surface area contributed by atoms with Crippen LogP contribution in [0.1, 0.15) is 30.0 Å². The van der Waals surface area contributed by atoms with Crippen LogP contribution < -0.4 is 10.2 Å². The zero-order valence-corrected chi connectivity index (χ0v) is 12.8. The van der Waals surface area contributed by atoms with Crippen LogP contribution in [0.2, 0.25) is 0 Å². The van der Waals surface area contributed by atoms with Gasteiger partial charge in [0.25, 0.3) is 0 Å². The fourth-order valence-electron chi connectivity index (χ4n) is 3.29. The van der Waals surface area contributed by atoms with Crippen molar-refractivity contribution in [1.82, 2.24) is 5.32 Å². The topological polar surface area (TPSA) is 15.3 Å². The quantitative estimate of drug-likeness (QED) is 0.896. The summed E-state index contributed by atoms with van der Waals surface area (Å²) in [5.74, 6) is 0. The summed E-state index contributed by atoms with van der Waals surface area (Å²) < 4.78 is 0. The lowest BCUT2D eigenvalue weighted by Crippen LogP contribution is -2.32. The van der Waals surface area contributed by atoms with Gasteiger partial charge in [-0.2, -0.15) is 0 Å². The average Bonchev–Trinajstić information content (AvgIpc) is 2.56. The van der Waals surface area contributed by atoms with Gasteiger partial charge in [0.05, 0.1) is 0 Å². The summed E-state index contributed by atoms with van der Waals surface area (Å²) in [6.45, 7) is 2.29. The minimum absolute atomic E-state index is 0.431. The predicted octanol–water partition coefficient (Wildman–Crippen LogP) is 3.79. The van der Waals surface area contributed by atoms with Crippen molar-refractivity contribution >= 4 is 5.69 Å². The van der Waals surface area contributed by atoms with Crippen molar-refractivity contribution < 1.29 is 0 Å². The van der Waals surface area contributed by atoms with Crippen molar-refractivity contribution in [3.63, 3.8) is 0 Å². The molecule has 0 aromatic heterocycles. The molecule has 2 heteroatoms. The zero-order chi connectivity index (χ0) is 14.5. The number of rotatable bonds is 5. The monoisotopic (exact) mass is 280 g/mol. The summed E-state index contributed by atoms with van der Waals surface area (Å²) >= 11 is 0. The van der Waals surface area contributed by atoms with Crippen LogP contribution in [0.25, 0.3) is 0 Å². The third kappa shape index (κ3) is 3.27. The number of hydrogen-bond donors (Lipinski definition) is 1. The smallest absolute Gasteiger partial charge is 0.0398 e. The number of benzene rings is 2. The van der Waals surface area contributed by atoms with Gasteiger partial charge in [-0.1, -0.05) is 48.5 Å². The van der Waals surface area contributed by atoms with E-state index in [1.807, 2.05) is 0 Å². The lowest BCUT2D eigenvalue weighted by molar-refractivity contribution is 0.534. The number of hydrogen-bond acceptors (Lipinski definition) is 2. The second kappa shape index (κ2) is 6.77. The van der Waals surface area contributed by atoms with E-state index in [2.05, 4.69) is 71.9 Å². The van der Waals surface area contributed by atoms with E-state index in [1.165, 1.54) is 36.2 Å². The molecule has 110 valence electrons. The van der Waals surface area contributed by atoms with Crippen LogP contribution in [-0.2, 0) is 6.42 Å². The number of aryl methyl sites for hydroxylation is 1. The molecular weight excluding hydrogens is 256 g/mol. The molecule has 1 heterocycles.